The highest BCUT2D eigenvalue weighted by Gasteiger charge is 2.27. The highest BCUT2D eigenvalue weighted by atomic mass is 16.3. The molecule has 0 amide bonds. The smallest absolute Gasteiger partial charge is 0.227 e. The average Bonchev–Trinajstić information content (AvgIpc) is 3.17. The molecule has 3 aromatic heterocycles. The van der Waals surface area contributed by atoms with Gasteiger partial charge in [0.2, 0.25) is 11.4 Å². The lowest BCUT2D eigenvalue weighted by molar-refractivity contribution is -0.660. The van der Waals surface area contributed by atoms with Gasteiger partial charge in [0, 0.05) is 37.6 Å². The van der Waals surface area contributed by atoms with Gasteiger partial charge in [0.25, 0.3) is 0 Å². The quantitative estimate of drug-likeness (QED) is 0.321. The standard InChI is InChI=1S/C28H27N2O/c1-18-11-16-24-26(22-14-12-19(2)29-27(22)31-24)25(18)23-15-13-21(17-30(23)5)28(3,4)20-9-7-6-8-10-20/h6-17H,1-5H3/q+1/i2D3. The number of aromatic nitrogens is 2. The average molecular weight is 411 g/mol. The summed E-state index contributed by atoms with van der Waals surface area (Å²) in [5, 5.41) is 1.76. The molecular formula is C28H27N2O+. The molecule has 3 heterocycles. The molecular weight excluding hydrogens is 380 g/mol. The summed E-state index contributed by atoms with van der Waals surface area (Å²) >= 11 is 0. The molecule has 0 atom stereocenters. The summed E-state index contributed by atoms with van der Waals surface area (Å²) in [5.74, 6) is 0. The van der Waals surface area contributed by atoms with Crippen LogP contribution in [0.15, 0.2) is 77.3 Å². The normalized spacial score (nSPS) is 13.9. The van der Waals surface area contributed by atoms with E-state index in [-0.39, 0.29) is 11.1 Å². The van der Waals surface area contributed by atoms with Crippen LogP contribution in [0.5, 0.6) is 0 Å². The Bertz CT molecular complexity index is 1530. The highest BCUT2D eigenvalue weighted by Crippen LogP contribution is 2.38. The maximum absolute atomic E-state index is 7.68. The van der Waals surface area contributed by atoms with Crippen LogP contribution in [0.2, 0.25) is 0 Å². The molecule has 0 radical (unpaired) electrons. The van der Waals surface area contributed by atoms with E-state index in [0.29, 0.717) is 11.3 Å². The number of fused-ring (bicyclic) bond motifs is 3. The number of furan rings is 1. The van der Waals surface area contributed by atoms with Crippen LogP contribution >= 0.6 is 0 Å². The molecule has 0 aliphatic heterocycles. The SMILES string of the molecule is [2H]C([2H])([2H])c1ccc2c(n1)oc1ccc(C)c(-c3ccc(C(C)(C)c4ccccc4)c[n+]3C)c12. The van der Waals surface area contributed by atoms with E-state index < -0.39 is 6.85 Å². The molecule has 0 N–H and O–H groups in total. The molecule has 2 aromatic carbocycles. The fourth-order valence-electron chi connectivity index (χ4n) is 4.44. The predicted octanol–water partition coefficient (Wildman–Crippen LogP) is 6.42. The van der Waals surface area contributed by atoms with Gasteiger partial charge in [-0.15, -0.1) is 0 Å². The Morgan fingerprint density at radius 2 is 1.74 bits per heavy atom. The molecule has 0 unspecified atom stereocenters. The Morgan fingerprint density at radius 3 is 2.48 bits per heavy atom. The Morgan fingerprint density at radius 1 is 0.935 bits per heavy atom. The number of rotatable bonds is 3. The number of aryl methyl sites for hydroxylation is 3. The minimum Gasteiger partial charge on any atom is -0.438 e. The molecule has 0 fully saturated rings. The number of nitrogens with zero attached hydrogens (tertiary/aromatic N) is 2. The first-order valence-corrected chi connectivity index (χ1v) is 10.5. The lowest BCUT2D eigenvalue weighted by Gasteiger charge is -2.25. The fraction of sp³-hybridized carbons (Fsp3) is 0.214. The van der Waals surface area contributed by atoms with Crippen molar-refractivity contribution < 1.29 is 13.1 Å². The van der Waals surface area contributed by atoms with Gasteiger partial charge in [-0.05, 0) is 49.2 Å². The zero-order valence-corrected chi connectivity index (χ0v) is 18.2. The van der Waals surface area contributed by atoms with E-state index in [1.54, 1.807) is 6.07 Å². The van der Waals surface area contributed by atoms with Crippen LogP contribution in [-0.4, -0.2) is 4.98 Å². The maximum Gasteiger partial charge on any atom is 0.227 e. The van der Waals surface area contributed by atoms with Gasteiger partial charge in [-0.1, -0.05) is 50.2 Å². The molecule has 0 aliphatic carbocycles. The molecule has 0 saturated carbocycles. The van der Waals surface area contributed by atoms with E-state index in [2.05, 4.69) is 80.0 Å². The van der Waals surface area contributed by atoms with Crippen molar-refractivity contribution in [2.24, 2.45) is 7.05 Å². The minimum absolute atomic E-state index is 0.0374. The fourth-order valence-corrected chi connectivity index (χ4v) is 4.44. The molecule has 3 heteroatoms. The largest absolute Gasteiger partial charge is 0.438 e. The first-order valence-electron chi connectivity index (χ1n) is 12.0. The monoisotopic (exact) mass is 410 g/mol. The van der Waals surface area contributed by atoms with Gasteiger partial charge in [-0.3, -0.25) is 0 Å². The Balaban J connectivity index is 1.69. The van der Waals surface area contributed by atoms with Gasteiger partial charge in [0.05, 0.1) is 5.56 Å². The van der Waals surface area contributed by atoms with Crippen molar-refractivity contribution in [2.75, 3.05) is 0 Å². The van der Waals surface area contributed by atoms with Crippen LogP contribution in [-0.2, 0) is 12.5 Å². The third-order valence-electron chi connectivity index (χ3n) is 6.32. The molecule has 0 spiro atoms. The van der Waals surface area contributed by atoms with Crippen molar-refractivity contribution in [3.05, 3.63) is 95.3 Å². The summed E-state index contributed by atoms with van der Waals surface area (Å²) in [7, 11) is 2.06. The third-order valence-corrected chi connectivity index (χ3v) is 6.32. The minimum atomic E-state index is -2.28. The van der Waals surface area contributed by atoms with Gasteiger partial charge in [0.1, 0.15) is 12.6 Å². The zero-order chi connectivity index (χ0) is 24.3. The van der Waals surface area contributed by atoms with Crippen molar-refractivity contribution in [3.8, 4) is 11.3 Å². The van der Waals surface area contributed by atoms with Crippen molar-refractivity contribution in [3.63, 3.8) is 0 Å². The lowest BCUT2D eigenvalue weighted by Crippen LogP contribution is -2.34. The van der Waals surface area contributed by atoms with Gasteiger partial charge in [-0.25, -0.2) is 9.55 Å². The summed E-state index contributed by atoms with van der Waals surface area (Å²) in [6, 6.07) is 22.2. The van der Waals surface area contributed by atoms with Gasteiger partial charge in [0.15, 0.2) is 6.20 Å². The van der Waals surface area contributed by atoms with Crippen molar-refractivity contribution in [2.45, 2.75) is 33.0 Å². The second-order valence-corrected chi connectivity index (χ2v) is 8.69. The van der Waals surface area contributed by atoms with Crippen molar-refractivity contribution >= 4 is 22.1 Å². The van der Waals surface area contributed by atoms with E-state index >= 15 is 0 Å². The number of hydrogen-bond donors (Lipinski definition) is 0. The van der Waals surface area contributed by atoms with E-state index in [9.17, 15) is 0 Å². The second kappa shape index (κ2) is 7.05. The Kier molecular flexibility index (Phi) is 3.70. The number of hydrogen-bond acceptors (Lipinski definition) is 2. The van der Waals surface area contributed by atoms with Crippen LogP contribution in [0.4, 0.5) is 0 Å². The van der Waals surface area contributed by atoms with E-state index in [1.807, 2.05) is 24.3 Å². The van der Waals surface area contributed by atoms with E-state index in [4.69, 9.17) is 8.53 Å². The molecule has 31 heavy (non-hydrogen) atoms. The zero-order valence-electron chi connectivity index (χ0n) is 21.2. The third kappa shape index (κ3) is 3.12. The van der Waals surface area contributed by atoms with E-state index in [1.165, 1.54) is 11.1 Å². The van der Waals surface area contributed by atoms with Crippen LogP contribution in [0.1, 0.15) is 40.3 Å². The van der Waals surface area contributed by atoms with Crippen LogP contribution in [0, 0.1) is 13.8 Å². The first kappa shape index (κ1) is 16.3. The predicted molar refractivity (Wildman–Crippen MR) is 126 cm³/mol. The van der Waals surface area contributed by atoms with Gasteiger partial charge >= 0.3 is 0 Å². The summed E-state index contributed by atoms with van der Waals surface area (Å²) in [5.41, 5.74) is 6.64. The van der Waals surface area contributed by atoms with E-state index in [0.717, 1.165) is 27.6 Å². The topological polar surface area (TPSA) is 29.9 Å². The maximum atomic E-state index is 7.68. The lowest BCUT2D eigenvalue weighted by atomic mass is 9.78. The molecule has 3 nitrogen and oxygen atoms in total. The Hall–Kier alpha value is -3.46. The summed E-state index contributed by atoms with van der Waals surface area (Å²) in [4.78, 5) is 4.31. The van der Waals surface area contributed by atoms with Crippen molar-refractivity contribution in [1.29, 1.82) is 0 Å². The summed E-state index contributed by atoms with van der Waals surface area (Å²) < 4.78 is 31.2. The molecule has 5 aromatic rings. The molecule has 5 rings (SSSR count). The summed E-state index contributed by atoms with van der Waals surface area (Å²) in [6.45, 7) is 4.28. The van der Waals surface area contributed by atoms with Crippen LogP contribution in [0.3, 0.4) is 0 Å². The van der Waals surface area contributed by atoms with Crippen LogP contribution < -0.4 is 4.57 Å². The van der Waals surface area contributed by atoms with Crippen LogP contribution in [0.25, 0.3) is 33.3 Å². The molecule has 0 saturated heterocycles. The second-order valence-electron chi connectivity index (χ2n) is 8.69. The first-order chi connectivity index (χ1) is 16.1. The molecule has 0 aliphatic rings. The molecule has 154 valence electrons. The summed E-state index contributed by atoms with van der Waals surface area (Å²) in [6.07, 6.45) is 2.19. The number of benzene rings is 2. The van der Waals surface area contributed by atoms with Crippen molar-refractivity contribution in [1.82, 2.24) is 4.98 Å². The number of pyridine rings is 2. The Labute approximate surface area is 187 Å². The van der Waals surface area contributed by atoms with Gasteiger partial charge < -0.3 is 4.42 Å². The van der Waals surface area contributed by atoms with Gasteiger partial charge in [-0.2, -0.15) is 0 Å². The highest BCUT2D eigenvalue weighted by molar-refractivity contribution is 6.11. The molecule has 0 bridgehead atoms.